The fourth-order valence-corrected chi connectivity index (χ4v) is 4.34. The molecular formula is C15H28ClNO4S. The quantitative estimate of drug-likeness (QED) is 0.780. The van der Waals surface area contributed by atoms with E-state index in [0.717, 1.165) is 19.3 Å². The van der Waals surface area contributed by atoms with Crippen LogP contribution in [0.4, 0.5) is 4.79 Å². The molecule has 0 unspecified atom stereocenters. The summed E-state index contributed by atoms with van der Waals surface area (Å²) in [5.74, 6) is 0.389. The lowest BCUT2D eigenvalue weighted by Gasteiger charge is -2.34. The summed E-state index contributed by atoms with van der Waals surface area (Å²) in [6.45, 7) is 9.40. The Kier molecular flexibility index (Phi) is 6.18. The van der Waals surface area contributed by atoms with Gasteiger partial charge in [0.2, 0.25) is 9.05 Å². The predicted octanol–water partition coefficient (Wildman–Crippen LogP) is 3.81. The van der Waals surface area contributed by atoms with Gasteiger partial charge in [-0.25, -0.2) is 13.2 Å². The molecule has 7 heteroatoms. The molecule has 0 aromatic carbocycles. The van der Waals surface area contributed by atoms with E-state index in [0.29, 0.717) is 18.8 Å². The van der Waals surface area contributed by atoms with Crippen LogP contribution in [0.15, 0.2) is 0 Å². The molecule has 1 saturated carbocycles. The molecule has 1 amide bonds. The van der Waals surface area contributed by atoms with Crippen molar-refractivity contribution in [3.05, 3.63) is 0 Å². The zero-order valence-electron chi connectivity index (χ0n) is 14.1. The minimum atomic E-state index is -3.45. The predicted molar refractivity (Wildman–Crippen MR) is 88.6 cm³/mol. The molecule has 0 aromatic rings. The van der Waals surface area contributed by atoms with Gasteiger partial charge < -0.3 is 10.1 Å². The molecule has 1 fully saturated rings. The van der Waals surface area contributed by atoms with E-state index in [4.69, 9.17) is 15.4 Å². The third kappa shape index (κ3) is 7.18. The maximum Gasteiger partial charge on any atom is 0.408 e. The molecule has 0 heterocycles. The Morgan fingerprint density at radius 2 is 1.64 bits per heavy atom. The molecule has 0 aliphatic heterocycles. The molecule has 0 saturated heterocycles. The van der Waals surface area contributed by atoms with E-state index in [9.17, 15) is 13.2 Å². The minimum absolute atomic E-state index is 0.389. The van der Waals surface area contributed by atoms with Crippen LogP contribution in [0, 0.1) is 5.92 Å². The van der Waals surface area contributed by atoms with Gasteiger partial charge in [-0.15, -0.1) is 0 Å². The van der Waals surface area contributed by atoms with Crippen molar-refractivity contribution in [2.45, 2.75) is 83.1 Å². The first-order valence-electron chi connectivity index (χ1n) is 7.73. The Morgan fingerprint density at radius 1 is 1.14 bits per heavy atom. The highest BCUT2D eigenvalue weighted by molar-refractivity contribution is 8.14. The van der Waals surface area contributed by atoms with Gasteiger partial charge in [0.25, 0.3) is 0 Å². The van der Waals surface area contributed by atoms with Crippen molar-refractivity contribution in [3.63, 3.8) is 0 Å². The zero-order chi connectivity index (χ0) is 17.2. The summed E-state index contributed by atoms with van der Waals surface area (Å²) < 4.78 is 28.0. The van der Waals surface area contributed by atoms with Crippen molar-refractivity contribution >= 4 is 25.8 Å². The summed E-state index contributed by atoms with van der Waals surface area (Å²) in [6, 6.07) is 0. The van der Waals surface area contributed by atoms with Crippen molar-refractivity contribution in [1.82, 2.24) is 5.32 Å². The number of alkyl carbamates (subject to hydrolysis) is 1. The molecule has 0 radical (unpaired) electrons. The molecule has 0 atom stereocenters. The minimum Gasteiger partial charge on any atom is -0.444 e. The molecule has 1 N–H and O–H groups in total. The van der Waals surface area contributed by atoms with Crippen LogP contribution < -0.4 is 5.32 Å². The van der Waals surface area contributed by atoms with Crippen LogP contribution in [0.25, 0.3) is 0 Å². The number of nitrogens with one attached hydrogen (secondary N) is 1. The van der Waals surface area contributed by atoms with Gasteiger partial charge in [-0.1, -0.05) is 0 Å². The summed E-state index contributed by atoms with van der Waals surface area (Å²) in [4.78, 5) is 11.9. The summed E-state index contributed by atoms with van der Waals surface area (Å²) in [6.07, 6.45) is 3.19. The average molecular weight is 354 g/mol. The fraction of sp³-hybridized carbons (Fsp3) is 0.933. The van der Waals surface area contributed by atoms with Crippen molar-refractivity contribution in [3.8, 4) is 0 Å². The Morgan fingerprint density at radius 3 is 2.05 bits per heavy atom. The zero-order valence-corrected chi connectivity index (χ0v) is 15.7. The van der Waals surface area contributed by atoms with Crippen LogP contribution in [0.5, 0.6) is 0 Å². The topological polar surface area (TPSA) is 72.5 Å². The third-order valence-corrected chi connectivity index (χ3v) is 5.85. The molecule has 0 aromatic heterocycles. The average Bonchev–Trinajstić information content (AvgIpc) is 2.23. The second kappa shape index (κ2) is 6.95. The Bertz CT molecular complexity index is 488. The molecule has 22 heavy (non-hydrogen) atoms. The van der Waals surface area contributed by atoms with Crippen LogP contribution in [0.2, 0.25) is 0 Å². The third-order valence-electron chi connectivity index (χ3n) is 3.83. The van der Waals surface area contributed by atoms with Gasteiger partial charge in [0, 0.05) is 16.2 Å². The van der Waals surface area contributed by atoms with E-state index >= 15 is 0 Å². The molecule has 1 aliphatic carbocycles. The van der Waals surface area contributed by atoms with Crippen LogP contribution in [-0.4, -0.2) is 30.9 Å². The lowest BCUT2D eigenvalue weighted by molar-refractivity contribution is 0.0455. The largest absolute Gasteiger partial charge is 0.444 e. The van der Waals surface area contributed by atoms with Crippen LogP contribution in [-0.2, 0) is 13.8 Å². The van der Waals surface area contributed by atoms with E-state index in [1.54, 1.807) is 0 Å². The monoisotopic (exact) mass is 353 g/mol. The highest BCUT2D eigenvalue weighted by Crippen LogP contribution is 2.34. The van der Waals surface area contributed by atoms with Crippen molar-refractivity contribution in [1.29, 1.82) is 0 Å². The van der Waals surface area contributed by atoms with Gasteiger partial charge in [0.15, 0.2) is 0 Å². The second-order valence-electron chi connectivity index (χ2n) is 7.83. The van der Waals surface area contributed by atoms with Crippen LogP contribution in [0.1, 0.15) is 66.7 Å². The van der Waals surface area contributed by atoms with Gasteiger partial charge in [-0.05, 0) is 72.6 Å². The standard InChI is InChI=1S/C15H28ClNO4S/c1-14(2,3)21-13(18)17-15(4,5)10-11-6-8-12(9-7-11)22(16,19)20/h11-12H,6-10H2,1-5H3,(H,17,18). The van der Waals surface area contributed by atoms with E-state index in [-0.39, 0.29) is 5.54 Å². The number of rotatable bonds is 4. The lowest BCUT2D eigenvalue weighted by Crippen LogP contribution is -2.47. The highest BCUT2D eigenvalue weighted by atomic mass is 35.7. The first-order chi connectivity index (χ1) is 9.78. The Hall–Kier alpha value is -0.490. The van der Waals surface area contributed by atoms with E-state index in [2.05, 4.69) is 5.32 Å². The number of amides is 1. The number of hydrogen-bond donors (Lipinski definition) is 1. The Balaban J connectivity index is 2.48. The fourth-order valence-electron chi connectivity index (χ4n) is 2.97. The van der Waals surface area contributed by atoms with Gasteiger partial charge in [0.05, 0.1) is 5.25 Å². The molecule has 0 spiro atoms. The molecular weight excluding hydrogens is 326 g/mol. The second-order valence-corrected chi connectivity index (χ2v) is 10.7. The number of carbonyl (C=O) groups excluding carboxylic acids is 1. The molecule has 0 bridgehead atoms. The lowest BCUT2D eigenvalue weighted by atomic mass is 9.80. The maximum atomic E-state index is 11.9. The maximum absolute atomic E-state index is 11.9. The van der Waals surface area contributed by atoms with Crippen molar-refractivity contribution < 1.29 is 17.9 Å². The number of hydrogen-bond acceptors (Lipinski definition) is 4. The van der Waals surface area contributed by atoms with E-state index in [1.165, 1.54) is 0 Å². The van der Waals surface area contributed by atoms with Crippen molar-refractivity contribution in [2.24, 2.45) is 5.92 Å². The van der Waals surface area contributed by atoms with Gasteiger partial charge >= 0.3 is 6.09 Å². The SMILES string of the molecule is CC(C)(CC1CCC(S(=O)(=O)Cl)CC1)NC(=O)OC(C)(C)C. The number of carbonyl (C=O) groups is 1. The summed E-state index contributed by atoms with van der Waals surface area (Å²) in [5.41, 5.74) is -0.910. The highest BCUT2D eigenvalue weighted by Gasteiger charge is 2.33. The number of ether oxygens (including phenoxy) is 1. The summed E-state index contributed by atoms with van der Waals surface area (Å²) in [5, 5.41) is 2.47. The molecule has 1 rings (SSSR count). The summed E-state index contributed by atoms with van der Waals surface area (Å²) >= 11 is 0. The van der Waals surface area contributed by atoms with Gasteiger partial charge in [-0.2, -0.15) is 0 Å². The molecule has 1 aliphatic rings. The smallest absolute Gasteiger partial charge is 0.408 e. The normalized spacial score (nSPS) is 23.9. The van der Waals surface area contributed by atoms with Gasteiger partial charge in [-0.3, -0.25) is 0 Å². The molecule has 5 nitrogen and oxygen atoms in total. The van der Waals surface area contributed by atoms with Crippen LogP contribution in [0.3, 0.4) is 0 Å². The Labute approximate surface area is 138 Å². The summed E-state index contributed by atoms with van der Waals surface area (Å²) in [7, 11) is 1.97. The molecule has 130 valence electrons. The van der Waals surface area contributed by atoms with Crippen molar-refractivity contribution in [2.75, 3.05) is 0 Å². The van der Waals surface area contributed by atoms with Gasteiger partial charge in [0.1, 0.15) is 5.60 Å². The number of halogens is 1. The van der Waals surface area contributed by atoms with E-state index < -0.39 is 26.0 Å². The van der Waals surface area contributed by atoms with Crippen LogP contribution >= 0.6 is 10.7 Å². The first-order valence-corrected chi connectivity index (χ1v) is 10.1. The first kappa shape index (κ1) is 19.6. The van der Waals surface area contributed by atoms with E-state index in [1.807, 2.05) is 34.6 Å².